The normalized spacial score (nSPS) is 11.1. The number of H-pyrrole nitrogens is 1. The molecule has 0 aromatic carbocycles. The minimum atomic E-state index is -0.157. The van der Waals surface area contributed by atoms with Gasteiger partial charge in [-0.25, -0.2) is 4.98 Å². The largest absolute Gasteiger partial charge is 0.348 e. The molecule has 4 aromatic heterocycles. The van der Waals surface area contributed by atoms with Gasteiger partial charge in [-0.05, 0) is 53.1 Å². The Morgan fingerprint density at radius 1 is 1.07 bits per heavy atom. The van der Waals surface area contributed by atoms with E-state index in [2.05, 4.69) is 25.3 Å². The van der Waals surface area contributed by atoms with Crippen molar-refractivity contribution >= 4 is 23.0 Å². The second kappa shape index (κ2) is 7.61. The van der Waals surface area contributed by atoms with Crippen molar-refractivity contribution in [1.29, 1.82) is 0 Å². The fourth-order valence-corrected chi connectivity index (χ4v) is 2.80. The second-order valence-corrected chi connectivity index (χ2v) is 6.01. The molecule has 2 N–H and O–H groups in total. The molecule has 4 heterocycles. The fourth-order valence-electron chi connectivity index (χ4n) is 2.80. The van der Waals surface area contributed by atoms with Gasteiger partial charge in [-0.2, -0.15) is 0 Å². The van der Waals surface area contributed by atoms with Crippen LogP contribution in [0.1, 0.15) is 11.1 Å². The van der Waals surface area contributed by atoms with Gasteiger partial charge in [-0.15, -0.1) is 0 Å². The zero-order chi connectivity index (χ0) is 18.5. The van der Waals surface area contributed by atoms with E-state index in [1.54, 1.807) is 37.1 Å². The first-order valence-electron chi connectivity index (χ1n) is 8.52. The van der Waals surface area contributed by atoms with Crippen molar-refractivity contribution in [2.24, 2.45) is 0 Å². The minimum absolute atomic E-state index is 0.157. The second-order valence-electron chi connectivity index (χ2n) is 6.01. The van der Waals surface area contributed by atoms with Crippen molar-refractivity contribution in [2.45, 2.75) is 6.54 Å². The summed E-state index contributed by atoms with van der Waals surface area (Å²) in [6.07, 6.45) is 13.9. The average Bonchev–Trinajstić information content (AvgIpc) is 3.15. The molecule has 0 aliphatic heterocycles. The molecule has 0 bridgehead atoms. The smallest absolute Gasteiger partial charge is 0.244 e. The molecule has 0 unspecified atom stereocenters. The highest BCUT2D eigenvalue weighted by atomic mass is 16.1. The van der Waals surface area contributed by atoms with Gasteiger partial charge in [0.2, 0.25) is 5.91 Å². The Bertz CT molecular complexity index is 1090. The highest BCUT2D eigenvalue weighted by Gasteiger charge is 2.07. The first-order chi connectivity index (χ1) is 13.3. The zero-order valence-electron chi connectivity index (χ0n) is 14.5. The maximum Gasteiger partial charge on any atom is 0.244 e. The fraction of sp³-hybridized carbons (Fsp3) is 0.0476. The number of aromatic amines is 1. The lowest BCUT2D eigenvalue weighted by atomic mass is 10.1. The van der Waals surface area contributed by atoms with Crippen LogP contribution in [0.25, 0.3) is 28.2 Å². The van der Waals surface area contributed by atoms with Crippen LogP contribution in [0.15, 0.2) is 73.6 Å². The van der Waals surface area contributed by atoms with Crippen molar-refractivity contribution in [3.8, 4) is 11.1 Å². The summed E-state index contributed by atoms with van der Waals surface area (Å²) >= 11 is 0. The average molecular weight is 355 g/mol. The van der Waals surface area contributed by atoms with Gasteiger partial charge in [-0.1, -0.05) is 0 Å². The van der Waals surface area contributed by atoms with E-state index in [-0.39, 0.29) is 5.91 Å². The highest BCUT2D eigenvalue weighted by Crippen LogP contribution is 2.27. The van der Waals surface area contributed by atoms with Crippen LogP contribution in [0.2, 0.25) is 0 Å². The van der Waals surface area contributed by atoms with Crippen molar-refractivity contribution in [3.63, 3.8) is 0 Å². The lowest BCUT2D eigenvalue weighted by molar-refractivity contribution is -0.116. The summed E-state index contributed by atoms with van der Waals surface area (Å²) < 4.78 is 0. The molecular formula is C21H17N5O. The minimum Gasteiger partial charge on any atom is -0.348 e. The molecule has 0 atom stereocenters. The Hall–Kier alpha value is -3.80. The van der Waals surface area contributed by atoms with Crippen molar-refractivity contribution in [1.82, 2.24) is 25.3 Å². The third-order valence-electron chi connectivity index (χ3n) is 4.19. The predicted octanol–water partition coefficient (Wildman–Crippen LogP) is 3.35. The SMILES string of the molecule is O=C(/C=C/c1cnc2[nH]cc(-c3ccncc3)c2c1)NCc1ccncc1. The van der Waals surface area contributed by atoms with Gasteiger partial charge < -0.3 is 10.3 Å². The maximum absolute atomic E-state index is 12.0. The molecule has 1 amide bonds. The highest BCUT2D eigenvalue weighted by molar-refractivity contribution is 5.96. The number of nitrogens with one attached hydrogen (secondary N) is 2. The Labute approximate surface area is 156 Å². The van der Waals surface area contributed by atoms with Crippen LogP contribution >= 0.6 is 0 Å². The number of hydrogen-bond donors (Lipinski definition) is 2. The number of carbonyl (C=O) groups is 1. The van der Waals surface area contributed by atoms with E-state index in [4.69, 9.17) is 0 Å². The summed E-state index contributed by atoms with van der Waals surface area (Å²) in [5.41, 5.74) is 4.79. The molecule has 0 radical (unpaired) electrons. The van der Waals surface area contributed by atoms with Crippen molar-refractivity contribution in [2.75, 3.05) is 0 Å². The van der Waals surface area contributed by atoms with E-state index < -0.39 is 0 Å². The molecule has 0 saturated carbocycles. The lowest BCUT2D eigenvalue weighted by Gasteiger charge is -2.02. The first kappa shape index (κ1) is 16.7. The topological polar surface area (TPSA) is 83.6 Å². The Morgan fingerprint density at radius 2 is 1.81 bits per heavy atom. The summed E-state index contributed by atoms with van der Waals surface area (Å²) in [7, 11) is 0. The van der Waals surface area contributed by atoms with Gasteiger partial charge in [0.1, 0.15) is 5.65 Å². The van der Waals surface area contributed by atoms with Crippen LogP contribution in [0, 0.1) is 0 Å². The molecule has 0 spiro atoms. The summed E-state index contributed by atoms with van der Waals surface area (Å²) in [6, 6.07) is 9.67. The molecule has 6 heteroatoms. The maximum atomic E-state index is 12.0. The van der Waals surface area contributed by atoms with Crippen molar-refractivity contribution in [3.05, 3.63) is 84.7 Å². The first-order valence-corrected chi connectivity index (χ1v) is 8.52. The molecule has 0 fully saturated rings. The van der Waals surface area contributed by atoms with E-state index in [1.807, 2.05) is 36.5 Å². The quantitative estimate of drug-likeness (QED) is 0.538. The number of carbonyl (C=O) groups excluding carboxylic acids is 1. The number of pyridine rings is 3. The van der Waals surface area contributed by atoms with Crippen molar-refractivity contribution < 1.29 is 4.79 Å². The lowest BCUT2D eigenvalue weighted by Crippen LogP contribution is -2.20. The standard InChI is InChI=1S/C21H17N5O/c27-20(24-12-15-3-7-22-8-4-15)2-1-16-11-18-19(14-26-21(18)25-13-16)17-5-9-23-10-6-17/h1-11,13-14H,12H2,(H,24,27)(H,25,26)/b2-1+. The number of rotatable bonds is 5. The van der Waals surface area contributed by atoms with Gasteiger partial charge in [0.05, 0.1) is 0 Å². The van der Waals surface area contributed by atoms with Crippen LogP contribution in [-0.4, -0.2) is 25.8 Å². The molecule has 4 aromatic rings. The molecule has 132 valence electrons. The Morgan fingerprint density at radius 3 is 2.59 bits per heavy atom. The van der Waals surface area contributed by atoms with Gasteiger partial charge in [0, 0.05) is 60.8 Å². The van der Waals surface area contributed by atoms with Crippen LogP contribution in [-0.2, 0) is 11.3 Å². The molecular weight excluding hydrogens is 338 g/mol. The van der Waals surface area contributed by atoms with E-state index in [0.29, 0.717) is 6.54 Å². The molecule has 0 saturated heterocycles. The summed E-state index contributed by atoms with van der Waals surface area (Å²) in [5.74, 6) is -0.157. The Kier molecular flexibility index (Phi) is 4.70. The molecule has 27 heavy (non-hydrogen) atoms. The summed E-state index contributed by atoms with van der Waals surface area (Å²) in [6.45, 7) is 0.465. The molecule has 0 aliphatic carbocycles. The third-order valence-corrected chi connectivity index (χ3v) is 4.19. The van der Waals surface area contributed by atoms with E-state index in [9.17, 15) is 4.79 Å². The van der Waals surface area contributed by atoms with Crippen LogP contribution < -0.4 is 5.32 Å². The Balaban J connectivity index is 1.50. The number of hydrogen-bond acceptors (Lipinski definition) is 4. The number of aromatic nitrogens is 4. The van der Waals surface area contributed by atoms with E-state index in [1.165, 1.54) is 6.08 Å². The van der Waals surface area contributed by atoms with Crippen LogP contribution in [0.5, 0.6) is 0 Å². The van der Waals surface area contributed by atoms with E-state index >= 15 is 0 Å². The van der Waals surface area contributed by atoms with Gasteiger partial charge in [0.25, 0.3) is 0 Å². The summed E-state index contributed by atoms with van der Waals surface area (Å²) in [5, 5.41) is 3.85. The predicted molar refractivity (Wildman–Crippen MR) is 104 cm³/mol. The number of amides is 1. The summed E-state index contributed by atoms with van der Waals surface area (Å²) in [4.78, 5) is 27.7. The number of fused-ring (bicyclic) bond motifs is 1. The van der Waals surface area contributed by atoms with Gasteiger partial charge in [-0.3, -0.25) is 14.8 Å². The molecule has 0 aliphatic rings. The van der Waals surface area contributed by atoms with Crippen LogP contribution in [0.4, 0.5) is 0 Å². The molecule has 4 rings (SSSR count). The number of nitrogens with zero attached hydrogens (tertiary/aromatic N) is 3. The monoisotopic (exact) mass is 355 g/mol. The van der Waals surface area contributed by atoms with E-state index in [0.717, 1.165) is 33.3 Å². The zero-order valence-corrected chi connectivity index (χ0v) is 14.5. The van der Waals surface area contributed by atoms with Gasteiger partial charge >= 0.3 is 0 Å². The van der Waals surface area contributed by atoms with Crippen LogP contribution in [0.3, 0.4) is 0 Å². The molecule has 6 nitrogen and oxygen atoms in total. The van der Waals surface area contributed by atoms with Gasteiger partial charge in [0.15, 0.2) is 0 Å². The third kappa shape index (κ3) is 3.90.